The fourth-order valence-corrected chi connectivity index (χ4v) is 0.836. The molecule has 0 unspecified atom stereocenters. The smallest absolute Gasteiger partial charge is 0.331 e. The Kier molecular flexibility index (Phi) is 6.78. The molecule has 0 saturated carbocycles. The van der Waals surface area contributed by atoms with Gasteiger partial charge in [-0.15, -0.1) is 0 Å². The molecular weight excluding hydrogens is 220 g/mol. The molecule has 4 nitrogen and oxygen atoms in total. The van der Waals surface area contributed by atoms with Crippen LogP contribution < -0.4 is 0 Å². The Morgan fingerprint density at radius 2 is 1.71 bits per heavy atom. The second kappa shape index (κ2) is 7.87. The van der Waals surface area contributed by atoms with Crippen LogP contribution in [0, 0.1) is 0 Å². The van der Waals surface area contributed by atoms with Crippen LogP contribution in [0.1, 0.15) is 12.5 Å². The van der Waals surface area contributed by atoms with Crippen LogP contribution in [0.25, 0.3) is 6.08 Å². The average molecular weight is 234 g/mol. The predicted octanol–water partition coefficient (Wildman–Crippen LogP) is 2.43. The third kappa shape index (κ3) is 7.56. The van der Waals surface area contributed by atoms with Gasteiger partial charge in [0.1, 0.15) is 0 Å². The normalized spacial score (nSPS) is 9.82. The highest BCUT2D eigenvalue weighted by atomic mass is 16.4. The van der Waals surface area contributed by atoms with E-state index in [1.54, 1.807) is 0 Å². The molecule has 0 atom stereocenters. The largest absolute Gasteiger partial charge is 0.478 e. The van der Waals surface area contributed by atoms with Gasteiger partial charge in [0.25, 0.3) is 0 Å². The summed E-state index contributed by atoms with van der Waals surface area (Å²) in [5.74, 6) is -2.45. The first-order valence-electron chi connectivity index (χ1n) is 4.79. The highest BCUT2D eigenvalue weighted by Crippen LogP contribution is 1.97. The number of benzene rings is 1. The van der Waals surface area contributed by atoms with E-state index in [1.165, 1.54) is 12.5 Å². The summed E-state index contributed by atoms with van der Waals surface area (Å²) in [5.41, 5.74) is 0.995. The Balaban J connectivity index is 0.000000302. The van der Waals surface area contributed by atoms with Crippen molar-refractivity contribution < 1.29 is 19.8 Å². The zero-order valence-electron chi connectivity index (χ0n) is 9.46. The molecule has 1 aromatic carbocycles. The number of carboxylic acids is 2. The molecule has 4 heteroatoms. The molecule has 0 aromatic heterocycles. The van der Waals surface area contributed by atoms with Gasteiger partial charge in [-0.05, 0) is 12.5 Å². The monoisotopic (exact) mass is 234 g/mol. The van der Waals surface area contributed by atoms with Crippen LogP contribution in [-0.4, -0.2) is 22.2 Å². The van der Waals surface area contributed by atoms with E-state index >= 15 is 0 Å². The molecule has 0 amide bonds. The van der Waals surface area contributed by atoms with Gasteiger partial charge in [0.2, 0.25) is 0 Å². The maximum atomic E-state index is 9.90. The molecule has 0 radical (unpaired) electrons. The number of rotatable bonds is 3. The second-order valence-electron chi connectivity index (χ2n) is 3.09. The van der Waals surface area contributed by atoms with E-state index < -0.39 is 11.9 Å². The summed E-state index contributed by atoms with van der Waals surface area (Å²) in [6.07, 6.45) is 2.47. The minimum atomic E-state index is -1.24. The molecule has 0 aliphatic rings. The van der Waals surface area contributed by atoms with Crippen molar-refractivity contribution in [1.82, 2.24) is 0 Å². The quantitative estimate of drug-likeness (QED) is 0.787. The van der Waals surface area contributed by atoms with Crippen molar-refractivity contribution in [2.24, 2.45) is 0 Å². The van der Waals surface area contributed by atoms with Gasteiger partial charge in [0, 0.05) is 11.6 Å². The number of aliphatic carboxylic acids is 2. The maximum absolute atomic E-state index is 9.90. The van der Waals surface area contributed by atoms with E-state index in [0.717, 1.165) is 0 Å². The lowest BCUT2D eigenvalue weighted by Crippen LogP contribution is -1.99. The van der Waals surface area contributed by atoms with E-state index in [-0.39, 0.29) is 5.57 Å². The van der Waals surface area contributed by atoms with E-state index in [2.05, 4.69) is 6.58 Å². The van der Waals surface area contributed by atoms with E-state index in [4.69, 9.17) is 10.2 Å². The van der Waals surface area contributed by atoms with Gasteiger partial charge in [-0.1, -0.05) is 43.0 Å². The van der Waals surface area contributed by atoms with Gasteiger partial charge in [-0.25, -0.2) is 9.59 Å². The summed E-state index contributed by atoms with van der Waals surface area (Å²) in [4.78, 5) is 19.7. The van der Waals surface area contributed by atoms with Gasteiger partial charge in [-0.2, -0.15) is 0 Å². The zero-order valence-corrected chi connectivity index (χ0v) is 9.46. The first kappa shape index (κ1) is 14.6. The molecule has 0 fully saturated rings. The Hall–Kier alpha value is -2.36. The van der Waals surface area contributed by atoms with E-state index in [1.807, 2.05) is 36.4 Å². The van der Waals surface area contributed by atoms with Crippen molar-refractivity contribution in [3.63, 3.8) is 0 Å². The van der Waals surface area contributed by atoms with Crippen molar-refractivity contribution in [3.8, 4) is 0 Å². The number of carboxylic acid groups (broad SMARTS) is 2. The van der Waals surface area contributed by atoms with Crippen LogP contribution in [0.2, 0.25) is 0 Å². The van der Waals surface area contributed by atoms with Crippen LogP contribution in [-0.2, 0) is 9.59 Å². The van der Waals surface area contributed by atoms with Crippen molar-refractivity contribution in [2.45, 2.75) is 6.92 Å². The summed E-state index contributed by atoms with van der Waals surface area (Å²) in [7, 11) is 0. The zero-order chi connectivity index (χ0) is 13.3. The first-order valence-corrected chi connectivity index (χ1v) is 4.79. The number of hydrogen-bond acceptors (Lipinski definition) is 2. The predicted molar refractivity (Wildman–Crippen MR) is 65.6 cm³/mol. The molecule has 17 heavy (non-hydrogen) atoms. The van der Waals surface area contributed by atoms with E-state index in [9.17, 15) is 9.59 Å². The maximum Gasteiger partial charge on any atom is 0.331 e. The summed E-state index contributed by atoms with van der Waals surface area (Å²) < 4.78 is 0. The molecule has 1 aromatic rings. The van der Waals surface area contributed by atoms with Crippen molar-refractivity contribution >= 4 is 18.0 Å². The first-order chi connectivity index (χ1) is 7.97. The molecule has 1 rings (SSSR count). The summed E-state index contributed by atoms with van der Waals surface area (Å²) in [6, 6.07) is 10.0. The molecular formula is C13H14O4. The van der Waals surface area contributed by atoms with Crippen LogP contribution in [0.3, 0.4) is 0 Å². The molecule has 0 saturated heterocycles. The highest BCUT2D eigenvalue weighted by Gasteiger charge is 2.00. The Morgan fingerprint density at radius 3 is 1.94 bits per heavy atom. The molecule has 0 spiro atoms. The van der Waals surface area contributed by atoms with Crippen molar-refractivity contribution in [1.29, 1.82) is 0 Å². The molecule has 0 heterocycles. The Bertz CT molecular complexity index is 418. The third-order valence-corrected chi connectivity index (χ3v) is 1.71. The van der Waals surface area contributed by atoms with E-state index in [0.29, 0.717) is 6.08 Å². The molecule has 0 bridgehead atoms. The lowest BCUT2D eigenvalue weighted by atomic mass is 10.2. The van der Waals surface area contributed by atoms with Crippen LogP contribution >= 0.6 is 0 Å². The van der Waals surface area contributed by atoms with Gasteiger partial charge in [0.05, 0.1) is 0 Å². The summed E-state index contributed by atoms with van der Waals surface area (Å²) in [5, 5.41) is 16.1. The molecule has 90 valence electrons. The van der Waals surface area contributed by atoms with Gasteiger partial charge >= 0.3 is 11.9 Å². The van der Waals surface area contributed by atoms with Gasteiger partial charge < -0.3 is 10.2 Å². The fourth-order valence-electron chi connectivity index (χ4n) is 0.836. The minimum Gasteiger partial charge on any atom is -0.478 e. The van der Waals surface area contributed by atoms with Crippen molar-refractivity contribution in [2.75, 3.05) is 0 Å². The lowest BCUT2D eigenvalue weighted by Gasteiger charge is -1.86. The average Bonchev–Trinajstić information content (AvgIpc) is 2.30. The molecule has 2 N–H and O–H groups in total. The number of carbonyl (C=O) groups is 2. The molecule has 0 aliphatic heterocycles. The van der Waals surface area contributed by atoms with Crippen molar-refractivity contribution in [3.05, 3.63) is 54.1 Å². The SMILES string of the molecule is C/C(=C/C(=O)O)C(=O)O.C=Cc1ccccc1. The van der Waals surface area contributed by atoms with Crippen LogP contribution in [0.15, 0.2) is 48.6 Å². The topological polar surface area (TPSA) is 74.6 Å². The highest BCUT2D eigenvalue weighted by molar-refractivity contribution is 5.93. The second-order valence-corrected chi connectivity index (χ2v) is 3.09. The van der Waals surface area contributed by atoms with Crippen LogP contribution in [0.4, 0.5) is 0 Å². The summed E-state index contributed by atoms with van der Waals surface area (Å²) >= 11 is 0. The lowest BCUT2D eigenvalue weighted by molar-refractivity contribution is -0.135. The Labute approximate surface area is 99.5 Å². The third-order valence-electron chi connectivity index (χ3n) is 1.71. The van der Waals surface area contributed by atoms with Gasteiger partial charge in [0.15, 0.2) is 0 Å². The Morgan fingerprint density at radius 1 is 1.18 bits per heavy atom. The van der Waals surface area contributed by atoms with Gasteiger partial charge in [-0.3, -0.25) is 0 Å². The fraction of sp³-hybridized carbons (Fsp3) is 0.0769. The number of hydrogen-bond donors (Lipinski definition) is 2. The van der Waals surface area contributed by atoms with Crippen LogP contribution in [0.5, 0.6) is 0 Å². The standard InChI is InChI=1S/C8H8.C5H6O4/c1-2-8-6-4-3-5-7-8;1-3(5(8)9)2-4(6)7/h2-7H,1H2;2H,1H3,(H,6,7)(H,8,9)/b;3-2-. The molecule has 0 aliphatic carbocycles. The summed E-state index contributed by atoms with van der Waals surface area (Å²) in [6.45, 7) is 4.85. The minimum absolute atomic E-state index is 0.178.